The maximum atomic E-state index is 12.8. The van der Waals surface area contributed by atoms with Gasteiger partial charge in [0.05, 0.1) is 37.4 Å². The molecule has 0 aromatic heterocycles. The molecule has 0 spiro atoms. The Morgan fingerprint density at radius 2 is 0.958 bits per heavy atom. The monoisotopic (exact) mass is 654 g/mol. The minimum atomic E-state index is -0.614. The van der Waals surface area contributed by atoms with E-state index in [2.05, 4.69) is 58.5 Å². The van der Waals surface area contributed by atoms with E-state index in [0.29, 0.717) is 25.7 Å². The van der Waals surface area contributed by atoms with E-state index in [9.17, 15) is 19.8 Å². The molecule has 2 fully saturated rings. The first kappa shape index (κ1) is 33.6. The number of aliphatic hydroxyl groups is 2. The lowest BCUT2D eigenvalue weighted by Gasteiger charge is -2.28. The summed E-state index contributed by atoms with van der Waals surface area (Å²) < 4.78 is 11.2. The fraction of sp³-hybridized carbons (Fsp3) is 0.474. The van der Waals surface area contributed by atoms with Crippen LogP contribution in [-0.2, 0) is 9.47 Å². The summed E-state index contributed by atoms with van der Waals surface area (Å²) >= 11 is 0. The van der Waals surface area contributed by atoms with Gasteiger partial charge in [0.25, 0.3) is 0 Å². The van der Waals surface area contributed by atoms with E-state index < -0.39 is 35.6 Å². The average Bonchev–Trinajstić information content (AvgIpc) is 3.81. The molecular formula is C38H46N4O6. The van der Waals surface area contributed by atoms with Crippen molar-refractivity contribution < 1.29 is 29.3 Å². The lowest BCUT2D eigenvalue weighted by molar-refractivity contribution is 0.0234. The quantitative estimate of drug-likeness (QED) is 0.381. The minimum absolute atomic E-state index is 0.240. The second kappa shape index (κ2) is 13.0. The van der Waals surface area contributed by atoms with Crippen LogP contribution in [0.15, 0.2) is 70.9 Å². The van der Waals surface area contributed by atoms with Gasteiger partial charge in [-0.3, -0.25) is 19.8 Å². The smallest absolute Gasteiger partial charge is 0.410 e. The van der Waals surface area contributed by atoms with Crippen LogP contribution in [0.25, 0.3) is 22.3 Å². The van der Waals surface area contributed by atoms with E-state index in [4.69, 9.17) is 9.47 Å². The van der Waals surface area contributed by atoms with Gasteiger partial charge in [-0.25, -0.2) is 9.59 Å². The van der Waals surface area contributed by atoms with Gasteiger partial charge in [-0.2, -0.15) is 0 Å². The molecule has 4 aliphatic rings. The zero-order valence-corrected chi connectivity index (χ0v) is 28.6. The summed E-state index contributed by atoms with van der Waals surface area (Å²) in [5.74, 6) is 0. The number of β-amino-alcohol motifs (C(OH)–C–C–N with tert-alkyl or cyclic N) is 2. The predicted molar refractivity (Wildman–Crippen MR) is 187 cm³/mol. The van der Waals surface area contributed by atoms with Gasteiger partial charge in [-0.15, -0.1) is 0 Å². The molecule has 10 nitrogen and oxygen atoms in total. The number of carbonyl (C=O) groups excluding carboxylic acids is 2. The normalized spacial score (nSPS) is 24.3. The molecule has 2 N–H and O–H groups in total. The second-order valence-corrected chi connectivity index (χ2v) is 15.1. The standard InChI is InChI=1S/C38H46N4O6/c1-37(2,3)47-35(45)41-21-29(43)17-33(41)31-15-27(19-39-31)25-11-7-23(8-12-25)24-9-13-26(14-10-24)28-16-32(40-20-28)34-18-30(44)22-42(34)36(46)48-38(4,5)6/h7-14,19-20,29-30,33-34,43-44H,15-18,21-22H2,1-6H3/t29-,30-,33-,34-/m0/s1. The second-order valence-electron chi connectivity index (χ2n) is 15.1. The SMILES string of the molecule is CC(C)(C)OC(=O)N1C[C@@H](O)C[C@H]1C1=NC=C(c2ccc(-c3ccc(C4=CN=C([C@@H]5C[C@H](O)CN5C(=O)OC(C)(C)C)C4)cc3)cc2)C1. The number of hydrogen-bond donors (Lipinski definition) is 2. The molecule has 4 atom stereocenters. The van der Waals surface area contributed by atoms with Crippen LogP contribution in [-0.4, -0.2) is 92.2 Å². The Morgan fingerprint density at radius 1 is 0.625 bits per heavy atom. The van der Waals surface area contributed by atoms with Gasteiger partial charge in [0.15, 0.2) is 0 Å². The number of nitrogens with zero attached hydrogens (tertiary/aromatic N) is 4. The Bertz CT molecular complexity index is 1550. The van der Waals surface area contributed by atoms with E-state index in [-0.39, 0.29) is 25.2 Å². The molecule has 2 amide bonds. The molecule has 254 valence electrons. The van der Waals surface area contributed by atoms with Gasteiger partial charge in [-0.1, -0.05) is 48.5 Å². The highest BCUT2D eigenvalue weighted by molar-refractivity contribution is 6.04. The Labute approximate surface area is 282 Å². The van der Waals surface area contributed by atoms with Crippen LogP contribution in [0, 0.1) is 0 Å². The topological polar surface area (TPSA) is 124 Å². The van der Waals surface area contributed by atoms with Gasteiger partial charge >= 0.3 is 12.2 Å². The minimum Gasteiger partial charge on any atom is -0.444 e. The molecule has 48 heavy (non-hydrogen) atoms. The van der Waals surface area contributed by atoms with Crippen LogP contribution in [0.5, 0.6) is 0 Å². The fourth-order valence-electron chi connectivity index (χ4n) is 6.71. The third-order valence-corrected chi connectivity index (χ3v) is 8.94. The first-order valence-electron chi connectivity index (χ1n) is 16.7. The number of likely N-dealkylation sites (tertiary alicyclic amines) is 2. The Kier molecular flexibility index (Phi) is 9.08. The van der Waals surface area contributed by atoms with Crippen molar-refractivity contribution in [2.45, 2.75) is 103 Å². The van der Waals surface area contributed by atoms with Crippen LogP contribution in [0.4, 0.5) is 9.59 Å². The number of rotatable bonds is 5. The molecule has 0 radical (unpaired) electrons. The Hall–Kier alpha value is -4.28. The number of benzene rings is 2. The molecular weight excluding hydrogens is 608 g/mol. The van der Waals surface area contributed by atoms with Crippen LogP contribution in [0.2, 0.25) is 0 Å². The molecule has 10 heteroatoms. The van der Waals surface area contributed by atoms with Crippen molar-refractivity contribution in [1.82, 2.24) is 9.80 Å². The van der Waals surface area contributed by atoms with Crippen LogP contribution in [0.1, 0.15) is 78.4 Å². The maximum absolute atomic E-state index is 12.8. The van der Waals surface area contributed by atoms with Crippen LogP contribution < -0.4 is 0 Å². The molecule has 0 bridgehead atoms. The van der Waals surface area contributed by atoms with Gasteiger partial charge in [0.2, 0.25) is 0 Å². The number of carbonyl (C=O) groups is 2. The van der Waals surface area contributed by atoms with Crippen LogP contribution >= 0.6 is 0 Å². The molecule has 2 aromatic rings. The molecule has 2 saturated heterocycles. The zero-order chi connectivity index (χ0) is 34.4. The van der Waals surface area contributed by atoms with Gasteiger partial charge in [0, 0.05) is 49.5 Å². The first-order valence-corrected chi connectivity index (χ1v) is 16.7. The van der Waals surface area contributed by atoms with Crippen molar-refractivity contribution in [2.24, 2.45) is 9.98 Å². The van der Waals surface area contributed by atoms with E-state index in [1.807, 2.05) is 53.9 Å². The van der Waals surface area contributed by atoms with Gasteiger partial charge in [-0.05, 0) is 74.9 Å². The number of amides is 2. The van der Waals surface area contributed by atoms with Crippen molar-refractivity contribution >= 4 is 34.8 Å². The highest BCUT2D eigenvalue weighted by Crippen LogP contribution is 2.34. The third kappa shape index (κ3) is 7.55. The summed E-state index contributed by atoms with van der Waals surface area (Å²) in [5.41, 5.74) is 6.95. The summed E-state index contributed by atoms with van der Waals surface area (Å²) in [4.78, 5) is 38.2. The van der Waals surface area contributed by atoms with E-state index >= 15 is 0 Å². The maximum Gasteiger partial charge on any atom is 0.410 e. The summed E-state index contributed by atoms with van der Waals surface area (Å²) in [7, 11) is 0. The summed E-state index contributed by atoms with van der Waals surface area (Å²) in [6.07, 6.45) is 3.80. The van der Waals surface area contributed by atoms with Gasteiger partial charge < -0.3 is 19.7 Å². The van der Waals surface area contributed by atoms with Crippen molar-refractivity contribution in [3.8, 4) is 11.1 Å². The van der Waals surface area contributed by atoms with E-state index in [0.717, 1.165) is 44.8 Å². The molecule has 4 aliphatic heterocycles. The highest BCUT2D eigenvalue weighted by atomic mass is 16.6. The van der Waals surface area contributed by atoms with Crippen molar-refractivity contribution in [3.63, 3.8) is 0 Å². The predicted octanol–water partition coefficient (Wildman–Crippen LogP) is 6.47. The number of hydrogen-bond acceptors (Lipinski definition) is 8. The number of allylic oxidation sites excluding steroid dienone is 2. The van der Waals surface area contributed by atoms with Crippen molar-refractivity contribution in [3.05, 3.63) is 72.1 Å². The van der Waals surface area contributed by atoms with E-state index in [1.54, 1.807) is 9.80 Å². The summed E-state index contributed by atoms with van der Waals surface area (Å²) in [6.45, 7) is 11.5. The molecule has 0 unspecified atom stereocenters. The average molecular weight is 655 g/mol. The molecule has 2 aromatic carbocycles. The van der Waals surface area contributed by atoms with Crippen LogP contribution in [0.3, 0.4) is 0 Å². The lowest BCUT2D eigenvalue weighted by atomic mass is 9.95. The number of aliphatic imine (C=N–C) groups is 2. The fourth-order valence-corrected chi connectivity index (χ4v) is 6.71. The summed E-state index contributed by atoms with van der Waals surface area (Å²) in [5, 5.41) is 20.7. The molecule has 0 aliphatic carbocycles. The van der Waals surface area contributed by atoms with Gasteiger partial charge in [0.1, 0.15) is 11.2 Å². The summed E-state index contributed by atoms with van der Waals surface area (Å²) in [6, 6.07) is 16.2. The third-order valence-electron chi connectivity index (χ3n) is 8.94. The van der Waals surface area contributed by atoms with Crippen molar-refractivity contribution in [1.29, 1.82) is 0 Å². The molecule has 0 saturated carbocycles. The van der Waals surface area contributed by atoms with E-state index in [1.165, 1.54) is 0 Å². The number of aliphatic hydroxyl groups excluding tert-OH is 2. The Morgan fingerprint density at radius 3 is 1.29 bits per heavy atom. The number of ether oxygens (including phenoxy) is 2. The molecule has 4 heterocycles. The highest BCUT2D eigenvalue weighted by Gasteiger charge is 2.41. The first-order chi connectivity index (χ1) is 22.6. The zero-order valence-electron chi connectivity index (χ0n) is 28.6. The largest absolute Gasteiger partial charge is 0.444 e. The van der Waals surface area contributed by atoms with Crippen molar-refractivity contribution in [2.75, 3.05) is 13.1 Å². The molecule has 6 rings (SSSR count). The Balaban J connectivity index is 1.05. The lowest BCUT2D eigenvalue weighted by Crippen LogP contribution is -2.43.